The van der Waals surface area contributed by atoms with E-state index in [0.29, 0.717) is 23.2 Å². The minimum Gasteiger partial charge on any atom is -0.437 e. The fourth-order valence-electron chi connectivity index (χ4n) is 1.24. The largest absolute Gasteiger partial charge is 0.437 e. The lowest BCUT2D eigenvalue weighted by Gasteiger charge is -2.06. The summed E-state index contributed by atoms with van der Waals surface area (Å²) in [5, 5.41) is 0.534. The molecule has 17 heavy (non-hydrogen) atoms. The summed E-state index contributed by atoms with van der Waals surface area (Å²) < 4.78 is 6.37. The molecule has 0 aromatic carbocycles. The van der Waals surface area contributed by atoms with Crippen molar-refractivity contribution >= 4 is 27.5 Å². The van der Waals surface area contributed by atoms with Crippen molar-refractivity contribution in [1.29, 1.82) is 0 Å². The number of hydrogen-bond acceptors (Lipinski definition) is 4. The molecule has 0 atom stereocenters. The average molecular weight is 315 g/mol. The molecular weight excluding hydrogens is 305 g/mol. The van der Waals surface area contributed by atoms with Crippen molar-refractivity contribution < 1.29 is 4.74 Å². The smallest absolute Gasteiger partial charge is 0.219 e. The average Bonchev–Trinajstić information content (AvgIpc) is 2.32. The van der Waals surface area contributed by atoms with Crippen LogP contribution < -0.4 is 10.5 Å². The maximum atomic E-state index is 5.91. The molecule has 0 radical (unpaired) electrons. The number of halogens is 2. The van der Waals surface area contributed by atoms with Crippen LogP contribution in [0.15, 0.2) is 35.2 Å². The third kappa shape index (κ3) is 3.15. The second kappa shape index (κ2) is 5.44. The zero-order valence-electron chi connectivity index (χ0n) is 8.73. The number of nitrogens with zero attached hydrogens (tertiary/aromatic N) is 2. The number of pyridine rings is 2. The van der Waals surface area contributed by atoms with E-state index < -0.39 is 0 Å². The maximum absolute atomic E-state index is 5.91. The van der Waals surface area contributed by atoms with Crippen LogP contribution in [0.5, 0.6) is 11.6 Å². The maximum Gasteiger partial charge on any atom is 0.219 e. The van der Waals surface area contributed by atoms with Gasteiger partial charge in [0, 0.05) is 29.5 Å². The zero-order chi connectivity index (χ0) is 12.3. The fourth-order valence-corrected chi connectivity index (χ4v) is 1.76. The Balaban J connectivity index is 2.24. The van der Waals surface area contributed by atoms with Gasteiger partial charge in [-0.2, -0.15) is 0 Å². The number of hydrogen-bond donors (Lipinski definition) is 1. The third-order valence-corrected chi connectivity index (χ3v) is 2.81. The van der Waals surface area contributed by atoms with E-state index in [4.69, 9.17) is 22.1 Å². The molecule has 2 N–H and O–H groups in total. The molecule has 0 saturated heterocycles. The van der Waals surface area contributed by atoms with E-state index in [1.165, 1.54) is 6.20 Å². The molecule has 0 amide bonds. The van der Waals surface area contributed by atoms with Gasteiger partial charge in [-0.3, -0.25) is 4.98 Å². The molecule has 4 nitrogen and oxygen atoms in total. The summed E-state index contributed by atoms with van der Waals surface area (Å²) in [7, 11) is 0. The quantitative estimate of drug-likeness (QED) is 0.945. The van der Waals surface area contributed by atoms with E-state index in [2.05, 4.69) is 25.9 Å². The Labute approximate surface area is 112 Å². The number of ether oxygens (including phenoxy) is 1. The predicted molar refractivity (Wildman–Crippen MR) is 69.1 cm³/mol. The second-order valence-electron chi connectivity index (χ2n) is 3.26. The first-order valence-electron chi connectivity index (χ1n) is 4.82. The molecule has 0 aliphatic heterocycles. The van der Waals surface area contributed by atoms with Crippen LogP contribution in [0.4, 0.5) is 0 Å². The first kappa shape index (κ1) is 12.3. The Morgan fingerprint density at radius 3 is 2.82 bits per heavy atom. The van der Waals surface area contributed by atoms with E-state index in [1.807, 2.05) is 0 Å². The standard InChI is InChI=1S/C11H9BrClN3O/c12-8-2-9(5-15-4-8)17-11-1-7(3-14)10(13)6-16-11/h1-2,4-6H,3,14H2. The fraction of sp³-hybridized carbons (Fsp3) is 0.0909. The molecule has 2 heterocycles. The van der Waals surface area contributed by atoms with Gasteiger partial charge in [0.05, 0.1) is 11.2 Å². The van der Waals surface area contributed by atoms with Crippen LogP contribution in [0.3, 0.4) is 0 Å². The SMILES string of the molecule is NCc1cc(Oc2cncc(Br)c2)ncc1Cl. The lowest BCUT2D eigenvalue weighted by molar-refractivity contribution is 0.459. The summed E-state index contributed by atoms with van der Waals surface area (Å²) in [5.74, 6) is 1.03. The van der Waals surface area contributed by atoms with Gasteiger partial charge in [-0.05, 0) is 27.6 Å². The van der Waals surface area contributed by atoms with Gasteiger partial charge < -0.3 is 10.5 Å². The molecule has 2 aromatic heterocycles. The molecule has 2 rings (SSSR count). The summed E-state index contributed by atoms with van der Waals surface area (Å²) in [6.45, 7) is 0.342. The van der Waals surface area contributed by atoms with Crippen molar-refractivity contribution in [2.45, 2.75) is 6.54 Å². The second-order valence-corrected chi connectivity index (χ2v) is 4.58. The van der Waals surface area contributed by atoms with Crippen LogP contribution >= 0.6 is 27.5 Å². The Kier molecular flexibility index (Phi) is 3.93. The monoisotopic (exact) mass is 313 g/mol. The summed E-state index contributed by atoms with van der Waals surface area (Å²) in [6.07, 6.45) is 4.79. The summed E-state index contributed by atoms with van der Waals surface area (Å²) >= 11 is 9.22. The van der Waals surface area contributed by atoms with E-state index in [9.17, 15) is 0 Å². The molecule has 0 saturated carbocycles. The van der Waals surface area contributed by atoms with E-state index in [-0.39, 0.29) is 0 Å². The lowest BCUT2D eigenvalue weighted by atomic mass is 10.3. The molecule has 0 unspecified atom stereocenters. The Morgan fingerprint density at radius 1 is 1.29 bits per heavy atom. The van der Waals surface area contributed by atoms with Gasteiger partial charge in [0.15, 0.2) is 0 Å². The molecule has 0 aliphatic carbocycles. The zero-order valence-corrected chi connectivity index (χ0v) is 11.1. The minimum absolute atomic E-state index is 0.342. The van der Waals surface area contributed by atoms with Crippen LogP contribution in [0.1, 0.15) is 5.56 Å². The van der Waals surface area contributed by atoms with Gasteiger partial charge in [0.1, 0.15) is 5.75 Å². The highest BCUT2D eigenvalue weighted by atomic mass is 79.9. The Hall–Kier alpha value is -1.17. The highest BCUT2D eigenvalue weighted by molar-refractivity contribution is 9.10. The van der Waals surface area contributed by atoms with Gasteiger partial charge in [-0.1, -0.05) is 11.6 Å². The van der Waals surface area contributed by atoms with E-state index in [0.717, 1.165) is 10.0 Å². The predicted octanol–water partition coefficient (Wildman–Crippen LogP) is 3.14. The van der Waals surface area contributed by atoms with Gasteiger partial charge in [-0.15, -0.1) is 0 Å². The molecular formula is C11H9BrClN3O. The highest BCUT2D eigenvalue weighted by Gasteiger charge is 2.04. The van der Waals surface area contributed by atoms with Crippen molar-refractivity contribution in [3.63, 3.8) is 0 Å². The Bertz CT molecular complexity index is 536. The van der Waals surface area contributed by atoms with Crippen molar-refractivity contribution in [2.75, 3.05) is 0 Å². The van der Waals surface area contributed by atoms with E-state index >= 15 is 0 Å². The molecule has 0 spiro atoms. The van der Waals surface area contributed by atoms with Gasteiger partial charge >= 0.3 is 0 Å². The van der Waals surface area contributed by atoms with Gasteiger partial charge in [0.25, 0.3) is 0 Å². The van der Waals surface area contributed by atoms with Crippen LogP contribution in [0.2, 0.25) is 5.02 Å². The van der Waals surface area contributed by atoms with Crippen LogP contribution in [-0.2, 0) is 6.54 Å². The number of rotatable bonds is 3. The van der Waals surface area contributed by atoms with Gasteiger partial charge in [-0.25, -0.2) is 4.98 Å². The number of nitrogens with two attached hydrogens (primary N) is 1. The summed E-state index contributed by atoms with van der Waals surface area (Å²) in [4.78, 5) is 8.05. The minimum atomic E-state index is 0.342. The first-order chi connectivity index (χ1) is 8.19. The van der Waals surface area contributed by atoms with Crippen LogP contribution in [-0.4, -0.2) is 9.97 Å². The lowest BCUT2D eigenvalue weighted by Crippen LogP contribution is -1.99. The summed E-state index contributed by atoms with van der Waals surface area (Å²) in [5.41, 5.74) is 6.34. The van der Waals surface area contributed by atoms with Crippen LogP contribution in [0, 0.1) is 0 Å². The first-order valence-corrected chi connectivity index (χ1v) is 5.99. The molecule has 6 heteroatoms. The normalized spacial score (nSPS) is 10.3. The third-order valence-electron chi connectivity index (χ3n) is 2.03. The van der Waals surface area contributed by atoms with Crippen molar-refractivity contribution in [3.8, 4) is 11.6 Å². The molecule has 0 bridgehead atoms. The molecule has 0 aliphatic rings. The topological polar surface area (TPSA) is 61.0 Å². The molecule has 0 fully saturated rings. The van der Waals surface area contributed by atoms with Crippen molar-refractivity contribution in [3.05, 3.63) is 45.8 Å². The van der Waals surface area contributed by atoms with Crippen molar-refractivity contribution in [1.82, 2.24) is 9.97 Å². The highest BCUT2D eigenvalue weighted by Crippen LogP contribution is 2.24. The molecule has 2 aromatic rings. The molecule has 88 valence electrons. The number of aromatic nitrogens is 2. The van der Waals surface area contributed by atoms with E-state index in [1.54, 1.807) is 24.5 Å². The van der Waals surface area contributed by atoms with Crippen molar-refractivity contribution in [2.24, 2.45) is 5.73 Å². The van der Waals surface area contributed by atoms with Gasteiger partial charge in [0.2, 0.25) is 5.88 Å². The summed E-state index contributed by atoms with van der Waals surface area (Å²) in [6, 6.07) is 3.51. The van der Waals surface area contributed by atoms with Crippen LogP contribution in [0.25, 0.3) is 0 Å². The Morgan fingerprint density at radius 2 is 2.12 bits per heavy atom.